The maximum atomic E-state index is 8.43. The molecule has 0 amide bonds. The SMILES string of the molecule is CC(C)C(C(C)C)C(C)(OC(C(C)C)(C(C(C)C)(C(C)C)C(C)C)C(C(C)C)(C(C)C)C(C)C)C(C)C. The first-order chi connectivity index (χ1) is 16.5. The summed E-state index contributed by atoms with van der Waals surface area (Å²) in [5.74, 6) is 5.26. The Kier molecular flexibility index (Phi) is 13.1. The van der Waals surface area contributed by atoms with Gasteiger partial charge in [0, 0.05) is 10.8 Å². The molecule has 0 radical (unpaired) electrons. The fourth-order valence-electron chi connectivity index (χ4n) is 11.3. The molecule has 0 spiro atoms. The van der Waals surface area contributed by atoms with Gasteiger partial charge in [-0.25, -0.2) is 0 Å². The zero-order chi connectivity index (χ0) is 30.1. The van der Waals surface area contributed by atoms with E-state index < -0.39 is 0 Å². The zero-order valence-corrected chi connectivity index (χ0v) is 29.8. The molecule has 0 bridgehead atoms. The Morgan fingerprint density at radius 2 is 0.595 bits per heavy atom. The largest absolute Gasteiger partial charge is 0.367 e. The van der Waals surface area contributed by atoms with Gasteiger partial charge in [-0.05, 0) is 72.0 Å². The molecule has 1 heteroatoms. The van der Waals surface area contributed by atoms with E-state index in [1.807, 2.05) is 0 Å². The molecule has 0 fully saturated rings. The van der Waals surface area contributed by atoms with E-state index >= 15 is 0 Å². The average molecular weight is 523 g/mol. The number of rotatable bonds is 15. The van der Waals surface area contributed by atoms with Gasteiger partial charge in [0.2, 0.25) is 0 Å². The van der Waals surface area contributed by atoms with Crippen LogP contribution in [0.25, 0.3) is 0 Å². The zero-order valence-electron chi connectivity index (χ0n) is 29.8. The molecule has 1 nitrogen and oxygen atoms in total. The Hall–Kier alpha value is -0.0400. The van der Waals surface area contributed by atoms with Crippen molar-refractivity contribution >= 4 is 0 Å². The van der Waals surface area contributed by atoms with Gasteiger partial charge in [-0.15, -0.1) is 0 Å². The van der Waals surface area contributed by atoms with Crippen LogP contribution < -0.4 is 0 Å². The van der Waals surface area contributed by atoms with Gasteiger partial charge >= 0.3 is 0 Å². The summed E-state index contributed by atoms with van der Waals surface area (Å²) < 4.78 is 8.43. The molecule has 0 aromatic rings. The van der Waals surface area contributed by atoms with Gasteiger partial charge in [0.15, 0.2) is 0 Å². The monoisotopic (exact) mass is 523 g/mol. The first-order valence-electron chi connectivity index (χ1n) is 16.2. The third-order valence-electron chi connectivity index (χ3n) is 11.5. The molecule has 37 heavy (non-hydrogen) atoms. The lowest BCUT2D eigenvalue weighted by molar-refractivity contribution is -0.361. The van der Waals surface area contributed by atoms with Crippen molar-refractivity contribution in [3.63, 3.8) is 0 Å². The summed E-state index contributed by atoms with van der Waals surface area (Å²) in [4.78, 5) is 0. The lowest BCUT2D eigenvalue weighted by atomic mass is 9.38. The van der Waals surface area contributed by atoms with Gasteiger partial charge < -0.3 is 4.74 Å². The summed E-state index contributed by atoms with van der Waals surface area (Å²) in [6, 6.07) is 0. The van der Waals surface area contributed by atoms with Crippen LogP contribution in [0.1, 0.15) is 145 Å². The number of hydrogen-bond donors (Lipinski definition) is 0. The molecule has 1 atom stereocenters. The highest BCUT2D eigenvalue weighted by Crippen LogP contribution is 2.69. The van der Waals surface area contributed by atoms with Crippen molar-refractivity contribution < 1.29 is 4.74 Å². The van der Waals surface area contributed by atoms with Gasteiger partial charge in [-0.3, -0.25) is 0 Å². The van der Waals surface area contributed by atoms with E-state index in [0.717, 1.165) is 0 Å². The lowest BCUT2D eigenvalue weighted by Crippen LogP contribution is -2.76. The Morgan fingerprint density at radius 1 is 0.351 bits per heavy atom. The fourth-order valence-corrected chi connectivity index (χ4v) is 11.3. The summed E-state index contributed by atoms with van der Waals surface area (Å²) >= 11 is 0. The van der Waals surface area contributed by atoms with Crippen molar-refractivity contribution in [2.24, 2.45) is 75.9 Å². The second-order valence-corrected chi connectivity index (χ2v) is 16.1. The Bertz CT molecular complexity index is 577. The van der Waals surface area contributed by atoms with Gasteiger partial charge in [0.1, 0.15) is 0 Å². The van der Waals surface area contributed by atoms with E-state index in [1.165, 1.54) is 0 Å². The van der Waals surface area contributed by atoms with E-state index in [2.05, 4.69) is 145 Å². The molecule has 0 aromatic heterocycles. The van der Waals surface area contributed by atoms with Crippen molar-refractivity contribution in [3.8, 4) is 0 Å². The number of hydrogen-bond acceptors (Lipinski definition) is 1. The minimum absolute atomic E-state index is 0.00532. The Morgan fingerprint density at radius 3 is 0.730 bits per heavy atom. The summed E-state index contributed by atoms with van der Waals surface area (Å²) in [6.07, 6.45) is 0. The summed E-state index contributed by atoms with van der Waals surface area (Å²) in [7, 11) is 0. The van der Waals surface area contributed by atoms with Crippen LogP contribution in [0.3, 0.4) is 0 Å². The molecule has 224 valence electrons. The molecule has 0 rings (SSSR count). The molecule has 1 unspecified atom stereocenters. The van der Waals surface area contributed by atoms with Crippen LogP contribution in [0.15, 0.2) is 0 Å². The summed E-state index contributed by atoms with van der Waals surface area (Å²) in [5, 5.41) is 0. The third-order valence-corrected chi connectivity index (χ3v) is 11.5. The molecule has 0 aliphatic rings. The second-order valence-electron chi connectivity index (χ2n) is 16.1. The van der Waals surface area contributed by atoms with Gasteiger partial charge in [0.05, 0.1) is 11.2 Å². The lowest BCUT2D eigenvalue weighted by Gasteiger charge is -2.73. The van der Waals surface area contributed by atoms with E-state index in [1.54, 1.807) is 0 Å². The first kappa shape index (κ1) is 37.0. The third kappa shape index (κ3) is 5.61. The molecule has 0 N–H and O–H groups in total. The van der Waals surface area contributed by atoms with Crippen molar-refractivity contribution in [3.05, 3.63) is 0 Å². The molecule has 0 saturated carbocycles. The van der Waals surface area contributed by atoms with Crippen molar-refractivity contribution in [2.45, 2.75) is 157 Å². The molecule has 0 aliphatic heterocycles. The molecule has 0 heterocycles. The molecular formula is C36H74O. The fraction of sp³-hybridized carbons (Fsp3) is 1.00. The Balaban J connectivity index is 8.59. The normalized spacial score (nSPS) is 16.5. The average Bonchev–Trinajstić information content (AvgIpc) is 2.65. The van der Waals surface area contributed by atoms with Crippen LogP contribution in [0.2, 0.25) is 0 Å². The quantitative estimate of drug-likeness (QED) is 0.208. The van der Waals surface area contributed by atoms with Gasteiger partial charge in [0.25, 0.3) is 0 Å². The highest BCUT2D eigenvalue weighted by atomic mass is 16.5. The van der Waals surface area contributed by atoms with E-state index in [4.69, 9.17) is 4.74 Å². The van der Waals surface area contributed by atoms with Crippen LogP contribution in [-0.2, 0) is 4.74 Å². The van der Waals surface area contributed by atoms with Gasteiger partial charge in [-0.1, -0.05) is 138 Å². The highest BCUT2D eigenvalue weighted by molar-refractivity contribution is 5.19. The van der Waals surface area contributed by atoms with Gasteiger partial charge in [-0.2, -0.15) is 0 Å². The van der Waals surface area contributed by atoms with Crippen LogP contribution in [0.4, 0.5) is 0 Å². The predicted molar refractivity (Wildman–Crippen MR) is 169 cm³/mol. The smallest absolute Gasteiger partial charge is 0.0839 e. The maximum Gasteiger partial charge on any atom is 0.0839 e. The van der Waals surface area contributed by atoms with Crippen LogP contribution in [0, 0.1) is 75.9 Å². The molecule has 0 aliphatic carbocycles. The summed E-state index contributed by atoms with van der Waals surface area (Å²) in [6.45, 7) is 52.1. The van der Waals surface area contributed by atoms with E-state index in [-0.39, 0.29) is 22.0 Å². The van der Waals surface area contributed by atoms with E-state index in [9.17, 15) is 0 Å². The highest BCUT2D eigenvalue weighted by Gasteiger charge is 2.72. The van der Waals surface area contributed by atoms with Crippen molar-refractivity contribution in [1.29, 1.82) is 0 Å². The minimum Gasteiger partial charge on any atom is -0.367 e. The molecule has 0 saturated heterocycles. The van der Waals surface area contributed by atoms with Crippen molar-refractivity contribution in [2.75, 3.05) is 0 Å². The second kappa shape index (κ2) is 13.1. The minimum atomic E-state index is -0.325. The first-order valence-corrected chi connectivity index (χ1v) is 16.2. The van der Waals surface area contributed by atoms with Crippen LogP contribution >= 0.6 is 0 Å². The standard InChI is InChI=1S/C36H74O/c1-22(2)32(23(3)4)33(21,24(5)6)37-36(31(19)20,34(25(7)8,26(9)10)27(11)12)35(28(13)14,29(15)16)30(17)18/h22-32H,1-21H3. The van der Waals surface area contributed by atoms with Crippen LogP contribution in [0.5, 0.6) is 0 Å². The van der Waals surface area contributed by atoms with Crippen LogP contribution in [-0.4, -0.2) is 11.2 Å². The summed E-state index contributed by atoms with van der Waals surface area (Å²) in [5.41, 5.74) is -0.586. The van der Waals surface area contributed by atoms with Crippen molar-refractivity contribution in [1.82, 2.24) is 0 Å². The van der Waals surface area contributed by atoms with E-state index in [0.29, 0.717) is 65.1 Å². The molecular weight excluding hydrogens is 448 g/mol. The predicted octanol–water partition coefficient (Wildman–Crippen LogP) is 11.6. The number of ether oxygens (including phenoxy) is 1. The topological polar surface area (TPSA) is 9.23 Å². The molecule has 0 aromatic carbocycles. The maximum absolute atomic E-state index is 8.43. The Labute approximate surface area is 237 Å².